The second-order valence-electron chi connectivity index (χ2n) is 6.34. The van der Waals surface area contributed by atoms with Crippen LogP contribution >= 0.6 is 15.9 Å². The average Bonchev–Trinajstić information content (AvgIpc) is 2.82. The number of ether oxygens (including phenoxy) is 1. The molecule has 0 aromatic carbocycles. The van der Waals surface area contributed by atoms with Crippen LogP contribution in [0.25, 0.3) is 0 Å². The van der Waals surface area contributed by atoms with Crippen molar-refractivity contribution in [1.82, 2.24) is 9.80 Å². The lowest BCUT2D eigenvalue weighted by Gasteiger charge is -2.25. The van der Waals surface area contributed by atoms with Crippen LogP contribution in [0, 0.1) is 11.8 Å². The van der Waals surface area contributed by atoms with Crippen molar-refractivity contribution in [2.24, 2.45) is 11.8 Å². The van der Waals surface area contributed by atoms with E-state index in [0.717, 1.165) is 13.1 Å². The van der Waals surface area contributed by atoms with Crippen LogP contribution in [0.15, 0.2) is 0 Å². The van der Waals surface area contributed by atoms with Crippen molar-refractivity contribution in [2.75, 3.05) is 31.5 Å². The number of nitrogens with zero attached hydrogens (tertiary/aromatic N) is 2. The van der Waals surface area contributed by atoms with E-state index in [1.807, 2.05) is 25.7 Å². The number of alkyl halides is 1. The molecule has 2 rings (SSSR count). The van der Waals surface area contributed by atoms with Gasteiger partial charge in [0.05, 0.1) is 5.33 Å². The van der Waals surface area contributed by atoms with Crippen LogP contribution in [-0.2, 0) is 9.53 Å². The number of carbonyl (C=O) groups excluding carboxylic acids is 2. The Morgan fingerprint density at radius 2 is 1.58 bits per heavy atom. The Hall–Kier alpha value is -0.780. The van der Waals surface area contributed by atoms with Gasteiger partial charge >= 0.3 is 6.09 Å². The summed E-state index contributed by atoms with van der Waals surface area (Å²) in [7, 11) is 0. The third-order valence-electron chi connectivity index (χ3n) is 3.60. The third kappa shape index (κ3) is 3.41. The van der Waals surface area contributed by atoms with Gasteiger partial charge in [-0.25, -0.2) is 4.79 Å². The first kappa shape index (κ1) is 14.6. The van der Waals surface area contributed by atoms with Crippen molar-refractivity contribution < 1.29 is 14.3 Å². The van der Waals surface area contributed by atoms with Crippen LogP contribution in [0.1, 0.15) is 20.8 Å². The lowest BCUT2D eigenvalue weighted by atomic mass is 10.0. The minimum Gasteiger partial charge on any atom is -0.444 e. The van der Waals surface area contributed by atoms with Gasteiger partial charge in [0.1, 0.15) is 5.60 Å². The van der Waals surface area contributed by atoms with Gasteiger partial charge in [0.2, 0.25) is 5.91 Å². The molecular formula is C13H21BrN2O3. The van der Waals surface area contributed by atoms with Gasteiger partial charge in [-0.05, 0) is 20.8 Å². The van der Waals surface area contributed by atoms with Crippen LogP contribution < -0.4 is 0 Å². The van der Waals surface area contributed by atoms with E-state index in [2.05, 4.69) is 15.9 Å². The third-order valence-corrected chi connectivity index (χ3v) is 4.08. The van der Waals surface area contributed by atoms with Gasteiger partial charge in [0, 0.05) is 38.0 Å². The Balaban J connectivity index is 1.87. The molecule has 19 heavy (non-hydrogen) atoms. The second kappa shape index (κ2) is 5.31. The largest absolute Gasteiger partial charge is 0.444 e. The molecule has 0 aromatic heterocycles. The summed E-state index contributed by atoms with van der Waals surface area (Å²) >= 11 is 3.20. The molecule has 2 amide bonds. The Labute approximate surface area is 122 Å². The van der Waals surface area contributed by atoms with Crippen LogP contribution in [0.3, 0.4) is 0 Å². The lowest BCUT2D eigenvalue weighted by Crippen LogP contribution is -2.38. The van der Waals surface area contributed by atoms with Gasteiger partial charge in [-0.2, -0.15) is 0 Å². The number of likely N-dealkylation sites (tertiary alicyclic amines) is 2. The molecule has 0 N–H and O–H groups in total. The number of amides is 2. The number of halogens is 1. The highest BCUT2D eigenvalue weighted by atomic mass is 79.9. The quantitative estimate of drug-likeness (QED) is 0.687. The summed E-state index contributed by atoms with van der Waals surface area (Å²) in [5.41, 5.74) is -0.452. The Morgan fingerprint density at radius 3 is 2.00 bits per heavy atom. The highest BCUT2D eigenvalue weighted by molar-refractivity contribution is 9.09. The summed E-state index contributed by atoms with van der Waals surface area (Å²) in [6.45, 7) is 8.54. The van der Waals surface area contributed by atoms with Crippen molar-refractivity contribution >= 4 is 27.9 Å². The molecule has 108 valence electrons. The molecule has 0 radical (unpaired) electrons. The van der Waals surface area contributed by atoms with Gasteiger partial charge in [-0.1, -0.05) is 15.9 Å². The predicted octanol–water partition coefficient (Wildman–Crippen LogP) is 1.71. The van der Waals surface area contributed by atoms with Crippen molar-refractivity contribution in [3.05, 3.63) is 0 Å². The first-order valence-corrected chi connectivity index (χ1v) is 7.74. The van der Waals surface area contributed by atoms with Crippen LogP contribution in [-0.4, -0.2) is 58.9 Å². The Morgan fingerprint density at radius 1 is 1.11 bits per heavy atom. The fourth-order valence-electron chi connectivity index (χ4n) is 2.76. The normalized spacial score (nSPS) is 26.5. The van der Waals surface area contributed by atoms with E-state index in [9.17, 15) is 9.59 Å². The molecule has 0 unspecified atom stereocenters. The molecule has 2 aliphatic heterocycles. The summed E-state index contributed by atoms with van der Waals surface area (Å²) < 4.78 is 5.38. The highest BCUT2D eigenvalue weighted by Gasteiger charge is 2.43. The molecule has 0 bridgehead atoms. The molecule has 2 fully saturated rings. The van der Waals surface area contributed by atoms with Gasteiger partial charge < -0.3 is 14.5 Å². The van der Waals surface area contributed by atoms with Crippen LogP contribution in [0.2, 0.25) is 0 Å². The highest BCUT2D eigenvalue weighted by Crippen LogP contribution is 2.32. The Bertz CT molecular complexity index is 367. The van der Waals surface area contributed by atoms with E-state index < -0.39 is 5.60 Å². The maximum absolute atomic E-state index is 12.0. The topological polar surface area (TPSA) is 49.9 Å². The summed E-state index contributed by atoms with van der Waals surface area (Å²) in [5, 5.41) is 0.377. The molecule has 2 aliphatic rings. The fraction of sp³-hybridized carbons (Fsp3) is 0.846. The molecular weight excluding hydrogens is 312 g/mol. The zero-order valence-electron chi connectivity index (χ0n) is 11.7. The fourth-order valence-corrected chi connectivity index (χ4v) is 3.11. The zero-order valence-corrected chi connectivity index (χ0v) is 13.3. The van der Waals surface area contributed by atoms with Crippen molar-refractivity contribution in [2.45, 2.75) is 26.4 Å². The van der Waals surface area contributed by atoms with E-state index in [1.54, 1.807) is 4.90 Å². The molecule has 6 heteroatoms. The zero-order chi connectivity index (χ0) is 14.2. The summed E-state index contributed by atoms with van der Waals surface area (Å²) in [5.74, 6) is 0.934. The van der Waals surface area contributed by atoms with Gasteiger partial charge in [0.25, 0.3) is 0 Å². The predicted molar refractivity (Wildman–Crippen MR) is 75.2 cm³/mol. The molecule has 2 saturated heterocycles. The summed E-state index contributed by atoms with van der Waals surface area (Å²) in [6.07, 6.45) is -0.236. The molecule has 0 aromatic rings. The second-order valence-corrected chi connectivity index (χ2v) is 6.90. The first-order chi connectivity index (χ1) is 8.80. The van der Waals surface area contributed by atoms with Crippen molar-refractivity contribution in [1.29, 1.82) is 0 Å². The van der Waals surface area contributed by atoms with Gasteiger partial charge in [-0.3, -0.25) is 4.79 Å². The maximum atomic E-state index is 12.0. The summed E-state index contributed by atoms with van der Waals surface area (Å²) in [6, 6.07) is 0. The number of hydrogen-bond acceptors (Lipinski definition) is 3. The van der Waals surface area contributed by atoms with Crippen molar-refractivity contribution in [3.63, 3.8) is 0 Å². The smallest absolute Gasteiger partial charge is 0.410 e. The summed E-state index contributed by atoms with van der Waals surface area (Å²) in [4.78, 5) is 27.3. The van der Waals surface area contributed by atoms with Crippen LogP contribution in [0.4, 0.5) is 4.79 Å². The lowest BCUT2D eigenvalue weighted by molar-refractivity contribution is -0.127. The molecule has 5 nitrogen and oxygen atoms in total. The molecule has 0 aliphatic carbocycles. The minimum absolute atomic E-state index is 0.137. The van der Waals surface area contributed by atoms with E-state index in [-0.39, 0.29) is 12.0 Å². The number of rotatable bonds is 1. The standard InChI is InChI=1S/C13H21BrN2O3/c1-13(2,3)19-12(18)16-7-9-5-15(11(17)4-14)6-10(9)8-16/h9-10H,4-8H2,1-3H3/t9-,10+. The molecule has 2 heterocycles. The number of fused-ring (bicyclic) bond motifs is 1. The molecule has 2 atom stereocenters. The van der Waals surface area contributed by atoms with E-state index in [0.29, 0.717) is 30.3 Å². The van der Waals surface area contributed by atoms with Crippen molar-refractivity contribution in [3.8, 4) is 0 Å². The van der Waals surface area contributed by atoms with E-state index in [4.69, 9.17) is 4.74 Å². The number of carbonyl (C=O) groups is 2. The monoisotopic (exact) mass is 332 g/mol. The van der Waals surface area contributed by atoms with Crippen LogP contribution in [0.5, 0.6) is 0 Å². The maximum Gasteiger partial charge on any atom is 0.410 e. The van der Waals surface area contributed by atoms with Gasteiger partial charge in [-0.15, -0.1) is 0 Å². The average molecular weight is 333 g/mol. The number of hydrogen-bond donors (Lipinski definition) is 0. The molecule has 0 spiro atoms. The SMILES string of the molecule is CC(C)(C)OC(=O)N1C[C@H]2CN(C(=O)CBr)C[C@H]2C1. The molecule has 0 saturated carbocycles. The van der Waals surface area contributed by atoms with E-state index in [1.165, 1.54) is 0 Å². The van der Waals surface area contributed by atoms with E-state index >= 15 is 0 Å². The van der Waals surface area contributed by atoms with Gasteiger partial charge in [0.15, 0.2) is 0 Å². The Kier molecular flexibility index (Phi) is 4.08. The minimum atomic E-state index is -0.452. The first-order valence-electron chi connectivity index (χ1n) is 6.62.